The van der Waals surface area contributed by atoms with Crippen molar-refractivity contribution in [2.24, 2.45) is 5.92 Å². The normalized spacial score (nSPS) is 15.1. The van der Waals surface area contributed by atoms with E-state index < -0.39 is 15.9 Å². The Hall–Kier alpha value is -0.0900. The van der Waals surface area contributed by atoms with E-state index in [0.717, 1.165) is 0 Å². The van der Waals surface area contributed by atoms with Gasteiger partial charge in [-0.2, -0.15) is 0 Å². The molecule has 12 heavy (non-hydrogen) atoms. The van der Waals surface area contributed by atoms with Gasteiger partial charge in [0.05, 0.1) is 11.9 Å². The lowest BCUT2D eigenvalue weighted by Gasteiger charge is -2.11. The quantitative estimate of drug-likeness (QED) is 0.705. The van der Waals surface area contributed by atoms with Crippen LogP contribution in [0.25, 0.3) is 0 Å². The molecule has 0 aromatic carbocycles. The monoisotopic (exact) mass is 194 g/mol. The molecular weight excluding hydrogens is 176 g/mol. The molecule has 0 aromatic heterocycles. The molecular formula is C8H18O3S. The van der Waals surface area contributed by atoms with Crippen LogP contribution in [0.2, 0.25) is 0 Å². The van der Waals surface area contributed by atoms with Crippen LogP contribution in [-0.2, 0) is 9.84 Å². The molecule has 0 radical (unpaired) electrons. The van der Waals surface area contributed by atoms with E-state index in [1.807, 2.05) is 13.8 Å². The maximum atomic E-state index is 10.7. The molecule has 0 spiro atoms. The van der Waals surface area contributed by atoms with Crippen LogP contribution in [-0.4, -0.2) is 31.6 Å². The minimum Gasteiger partial charge on any atom is -0.393 e. The summed E-state index contributed by atoms with van der Waals surface area (Å²) >= 11 is 0. The van der Waals surface area contributed by atoms with Crippen molar-refractivity contribution in [1.82, 2.24) is 0 Å². The summed E-state index contributed by atoms with van der Waals surface area (Å²) in [5.41, 5.74) is 0. The zero-order valence-corrected chi connectivity index (χ0v) is 8.76. The van der Waals surface area contributed by atoms with Gasteiger partial charge >= 0.3 is 0 Å². The molecule has 0 bridgehead atoms. The van der Waals surface area contributed by atoms with Crippen LogP contribution in [0.1, 0.15) is 26.7 Å². The van der Waals surface area contributed by atoms with Crippen molar-refractivity contribution in [3.63, 3.8) is 0 Å². The smallest absolute Gasteiger partial charge is 0.147 e. The predicted octanol–water partition coefficient (Wildman–Crippen LogP) is 0.828. The first-order chi connectivity index (χ1) is 5.31. The Kier molecular flexibility index (Phi) is 4.78. The zero-order valence-electron chi connectivity index (χ0n) is 7.95. The van der Waals surface area contributed by atoms with Gasteiger partial charge in [0.25, 0.3) is 0 Å². The van der Waals surface area contributed by atoms with E-state index in [-0.39, 0.29) is 5.75 Å². The maximum Gasteiger partial charge on any atom is 0.147 e. The van der Waals surface area contributed by atoms with E-state index in [4.69, 9.17) is 0 Å². The molecule has 74 valence electrons. The van der Waals surface area contributed by atoms with Crippen LogP contribution in [0.4, 0.5) is 0 Å². The summed E-state index contributed by atoms with van der Waals surface area (Å²) in [4.78, 5) is 0. The minimum absolute atomic E-state index is 0.0842. The van der Waals surface area contributed by atoms with Crippen molar-refractivity contribution in [2.45, 2.75) is 32.8 Å². The molecule has 0 saturated carbocycles. The third kappa shape index (κ3) is 8.01. The standard InChI is InChI=1S/C8H18O3S/c1-7(2)6-8(9)4-5-12(3,10)11/h7-9H,4-6H2,1-3H3. The Morgan fingerprint density at radius 1 is 1.33 bits per heavy atom. The molecule has 0 aromatic rings. The lowest BCUT2D eigenvalue weighted by molar-refractivity contribution is 0.145. The molecule has 0 heterocycles. The van der Waals surface area contributed by atoms with Crippen LogP contribution < -0.4 is 0 Å². The fourth-order valence-electron chi connectivity index (χ4n) is 1.01. The number of aliphatic hydroxyl groups excluding tert-OH is 1. The molecule has 0 saturated heterocycles. The van der Waals surface area contributed by atoms with Crippen molar-refractivity contribution >= 4 is 9.84 Å². The summed E-state index contributed by atoms with van der Waals surface area (Å²) < 4.78 is 21.4. The number of sulfone groups is 1. The van der Waals surface area contributed by atoms with Gasteiger partial charge in [0.2, 0.25) is 0 Å². The maximum absolute atomic E-state index is 10.7. The van der Waals surface area contributed by atoms with Crippen molar-refractivity contribution in [3.05, 3.63) is 0 Å². The number of rotatable bonds is 5. The van der Waals surface area contributed by atoms with E-state index >= 15 is 0 Å². The molecule has 3 nitrogen and oxygen atoms in total. The zero-order chi connectivity index (χ0) is 9.78. The molecule has 0 aliphatic carbocycles. The van der Waals surface area contributed by atoms with E-state index in [0.29, 0.717) is 18.8 Å². The highest BCUT2D eigenvalue weighted by Crippen LogP contribution is 2.08. The minimum atomic E-state index is -2.91. The highest BCUT2D eigenvalue weighted by Gasteiger charge is 2.10. The molecule has 0 aliphatic rings. The van der Waals surface area contributed by atoms with E-state index in [9.17, 15) is 13.5 Å². The molecule has 1 unspecified atom stereocenters. The lowest BCUT2D eigenvalue weighted by Crippen LogP contribution is -2.15. The summed E-state index contributed by atoms with van der Waals surface area (Å²) in [6.07, 6.45) is 1.75. The number of aliphatic hydroxyl groups is 1. The van der Waals surface area contributed by atoms with E-state index in [1.54, 1.807) is 0 Å². The highest BCUT2D eigenvalue weighted by molar-refractivity contribution is 7.90. The summed E-state index contributed by atoms with van der Waals surface area (Å²) in [6, 6.07) is 0. The van der Waals surface area contributed by atoms with E-state index in [2.05, 4.69) is 0 Å². The van der Waals surface area contributed by atoms with Gasteiger partial charge in [-0.3, -0.25) is 0 Å². The largest absolute Gasteiger partial charge is 0.393 e. The summed E-state index contributed by atoms with van der Waals surface area (Å²) in [5.74, 6) is 0.500. The van der Waals surface area contributed by atoms with Crippen molar-refractivity contribution in [3.8, 4) is 0 Å². The molecule has 0 rings (SSSR count). The van der Waals surface area contributed by atoms with Gasteiger partial charge in [0.15, 0.2) is 0 Å². The van der Waals surface area contributed by atoms with Gasteiger partial charge in [0.1, 0.15) is 9.84 Å². The molecule has 1 N–H and O–H groups in total. The Morgan fingerprint density at radius 2 is 1.83 bits per heavy atom. The third-order valence-electron chi connectivity index (χ3n) is 1.57. The summed E-state index contributed by atoms with van der Waals surface area (Å²) in [6.45, 7) is 4.01. The fraction of sp³-hybridized carbons (Fsp3) is 1.00. The first kappa shape index (κ1) is 11.9. The second-order valence-corrected chi connectivity index (χ2v) is 5.96. The Morgan fingerprint density at radius 3 is 2.17 bits per heavy atom. The van der Waals surface area contributed by atoms with Crippen LogP contribution in [0.15, 0.2) is 0 Å². The van der Waals surface area contributed by atoms with Gasteiger partial charge in [0, 0.05) is 6.26 Å². The first-order valence-corrected chi connectivity index (χ1v) is 6.23. The second kappa shape index (κ2) is 4.82. The van der Waals surface area contributed by atoms with Crippen molar-refractivity contribution in [1.29, 1.82) is 0 Å². The Labute approximate surface area is 74.7 Å². The Bertz CT molecular complexity index is 206. The third-order valence-corrected chi connectivity index (χ3v) is 2.54. The van der Waals surface area contributed by atoms with Gasteiger partial charge < -0.3 is 5.11 Å². The molecule has 0 fully saturated rings. The number of hydrogen-bond donors (Lipinski definition) is 1. The van der Waals surface area contributed by atoms with Crippen LogP contribution >= 0.6 is 0 Å². The topological polar surface area (TPSA) is 54.4 Å². The van der Waals surface area contributed by atoms with Gasteiger partial charge in [-0.15, -0.1) is 0 Å². The number of hydrogen-bond acceptors (Lipinski definition) is 3. The molecule has 0 aliphatic heterocycles. The summed E-state index contributed by atoms with van der Waals surface area (Å²) in [7, 11) is -2.91. The summed E-state index contributed by atoms with van der Waals surface area (Å²) in [5, 5.41) is 9.32. The van der Waals surface area contributed by atoms with Gasteiger partial charge in [-0.05, 0) is 18.8 Å². The molecule has 4 heteroatoms. The fourth-order valence-corrected chi connectivity index (χ4v) is 1.71. The first-order valence-electron chi connectivity index (χ1n) is 4.17. The van der Waals surface area contributed by atoms with Gasteiger partial charge in [-0.1, -0.05) is 13.8 Å². The van der Waals surface area contributed by atoms with Crippen molar-refractivity contribution < 1.29 is 13.5 Å². The van der Waals surface area contributed by atoms with Crippen molar-refractivity contribution in [2.75, 3.05) is 12.0 Å². The van der Waals surface area contributed by atoms with Gasteiger partial charge in [-0.25, -0.2) is 8.42 Å². The lowest BCUT2D eigenvalue weighted by atomic mass is 10.0. The molecule has 0 amide bonds. The van der Waals surface area contributed by atoms with Crippen LogP contribution in [0.5, 0.6) is 0 Å². The molecule has 1 atom stereocenters. The highest BCUT2D eigenvalue weighted by atomic mass is 32.2. The second-order valence-electron chi connectivity index (χ2n) is 3.70. The van der Waals surface area contributed by atoms with Crippen LogP contribution in [0.3, 0.4) is 0 Å². The average Bonchev–Trinajstić information content (AvgIpc) is 1.80. The Balaban J connectivity index is 3.65. The van der Waals surface area contributed by atoms with E-state index in [1.165, 1.54) is 6.26 Å². The average molecular weight is 194 g/mol. The SMILES string of the molecule is CC(C)CC(O)CCS(C)(=O)=O. The van der Waals surface area contributed by atoms with Crippen LogP contribution in [0, 0.1) is 5.92 Å². The predicted molar refractivity (Wildman–Crippen MR) is 49.8 cm³/mol.